The van der Waals surface area contributed by atoms with E-state index in [1.54, 1.807) is 5.38 Å². The predicted molar refractivity (Wildman–Crippen MR) is 61.4 cm³/mol. The van der Waals surface area contributed by atoms with E-state index in [1.165, 1.54) is 11.3 Å². The molecule has 1 N–H and O–H groups in total. The quantitative estimate of drug-likeness (QED) is 0.808. The van der Waals surface area contributed by atoms with Crippen molar-refractivity contribution in [2.24, 2.45) is 0 Å². The third-order valence-corrected chi connectivity index (χ3v) is 2.24. The highest BCUT2D eigenvalue weighted by molar-refractivity contribution is 7.13. The Labute approximate surface area is 93.7 Å². The summed E-state index contributed by atoms with van der Waals surface area (Å²) in [6.07, 6.45) is 0. The Morgan fingerprint density at radius 2 is 2.27 bits per heavy atom. The number of anilines is 1. The van der Waals surface area contributed by atoms with Crippen LogP contribution in [0.2, 0.25) is 0 Å². The number of nitrogens with one attached hydrogen (secondary N) is 1. The summed E-state index contributed by atoms with van der Waals surface area (Å²) in [7, 11) is 0. The van der Waals surface area contributed by atoms with Crippen LogP contribution in [0.3, 0.4) is 0 Å². The molecular formula is C10H16N2O2S. The molecule has 0 saturated heterocycles. The summed E-state index contributed by atoms with van der Waals surface area (Å²) in [5.74, 6) is -0.372. The molecule has 4 nitrogen and oxygen atoms in total. The maximum Gasteiger partial charge on any atom is 0.358 e. The maximum absolute atomic E-state index is 11.6. The minimum atomic E-state index is -0.473. The first kappa shape index (κ1) is 12.0. The lowest BCUT2D eigenvalue weighted by Crippen LogP contribution is -2.24. The highest BCUT2D eigenvalue weighted by Crippen LogP contribution is 2.18. The number of carbonyl (C=O) groups excluding carboxylic acids is 1. The Hall–Kier alpha value is -1.10. The Kier molecular flexibility index (Phi) is 3.68. The molecule has 1 aromatic rings. The zero-order valence-corrected chi connectivity index (χ0v) is 10.3. The van der Waals surface area contributed by atoms with Gasteiger partial charge in [-0.15, -0.1) is 11.3 Å². The van der Waals surface area contributed by atoms with Gasteiger partial charge >= 0.3 is 5.97 Å². The third kappa shape index (κ3) is 3.87. The summed E-state index contributed by atoms with van der Waals surface area (Å²) < 4.78 is 5.19. The van der Waals surface area contributed by atoms with E-state index in [1.807, 2.05) is 27.7 Å². The summed E-state index contributed by atoms with van der Waals surface area (Å²) in [6, 6.07) is 0. The van der Waals surface area contributed by atoms with E-state index in [2.05, 4.69) is 10.3 Å². The summed E-state index contributed by atoms with van der Waals surface area (Å²) in [6.45, 7) is 8.28. The fourth-order valence-electron chi connectivity index (χ4n) is 0.930. The molecule has 1 aromatic heterocycles. The van der Waals surface area contributed by atoms with Crippen molar-refractivity contribution < 1.29 is 9.53 Å². The number of hydrogen-bond acceptors (Lipinski definition) is 5. The van der Waals surface area contributed by atoms with E-state index in [4.69, 9.17) is 4.74 Å². The van der Waals surface area contributed by atoms with E-state index >= 15 is 0 Å². The fourth-order valence-corrected chi connectivity index (χ4v) is 1.68. The molecule has 5 heteroatoms. The molecule has 1 heterocycles. The van der Waals surface area contributed by atoms with Crippen molar-refractivity contribution in [1.82, 2.24) is 4.98 Å². The van der Waals surface area contributed by atoms with Gasteiger partial charge in [-0.05, 0) is 27.7 Å². The number of rotatable bonds is 3. The lowest BCUT2D eigenvalue weighted by atomic mass is 10.2. The van der Waals surface area contributed by atoms with E-state index in [0.717, 1.165) is 11.7 Å². The Balaban J connectivity index is 2.66. The number of nitrogens with zero attached hydrogens (tertiary/aromatic N) is 1. The molecule has 0 bridgehead atoms. The largest absolute Gasteiger partial charge is 0.455 e. The Morgan fingerprint density at radius 3 is 2.80 bits per heavy atom. The number of carbonyl (C=O) groups is 1. The van der Waals surface area contributed by atoms with Crippen LogP contribution >= 0.6 is 11.3 Å². The molecule has 1 rings (SSSR count). The van der Waals surface area contributed by atoms with Crippen LogP contribution in [0.15, 0.2) is 5.38 Å². The van der Waals surface area contributed by atoms with Gasteiger partial charge in [0.05, 0.1) is 0 Å². The lowest BCUT2D eigenvalue weighted by molar-refractivity contribution is 0.00638. The summed E-state index contributed by atoms with van der Waals surface area (Å²) in [5.41, 5.74) is -0.107. The van der Waals surface area contributed by atoms with Crippen molar-refractivity contribution in [1.29, 1.82) is 0 Å². The van der Waals surface area contributed by atoms with Gasteiger partial charge in [0.15, 0.2) is 10.8 Å². The zero-order chi connectivity index (χ0) is 11.5. The first-order chi connectivity index (χ1) is 6.92. The van der Waals surface area contributed by atoms with Gasteiger partial charge in [-0.25, -0.2) is 9.78 Å². The number of thiazole rings is 1. The first-order valence-corrected chi connectivity index (χ1v) is 5.73. The van der Waals surface area contributed by atoms with Crippen molar-refractivity contribution in [3.63, 3.8) is 0 Å². The molecule has 15 heavy (non-hydrogen) atoms. The molecule has 84 valence electrons. The first-order valence-electron chi connectivity index (χ1n) is 4.85. The van der Waals surface area contributed by atoms with Crippen LogP contribution in [0.1, 0.15) is 38.2 Å². The molecule has 0 radical (unpaired) electrons. The lowest BCUT2D eigenvalue weighted by Gasteiger charge is -2.18. The van der Waals surface area contributed by atoms with Crippen LogP contribution < -0.4 is 5.32 Å². The molecule has 0 aliphatic rings. The second-order valence-corrected chi connectivity index (χ2v) is 4.93. The molecule has 0 fully saturated rings. The smallest absolute Gasteiger partial charge is 0.358 e. The van der Waals surface area contributed by atoms with Gasteiger partial charge in [0.25, 0.3) is 0 Å². The van der Waals surface area contributed by atoms with Gasteiger partial charge in [0, 0.05) is 11.9 Å². The van der Waals surface area contributed by atoms with Gasteiger partial charge in [0.1, 0.15) is 5.60 Å². The van der Waals surface area contributed by atoms with Gasteiger partial charge in [-0.3, -0.25) is 0 Å². The molecule has 0 aromatic carbocycles. The zero-order valence-electron chi connectivity index (χ0n) is 9.46. The van der Waals surface area contributed by atoms with Gasteiger partial charge < -0.3 is 10.1 Å². The molecular weight excluding hydrogens is 212 g/mol. The predicted octanol–water partition coefficient (Wildman–Crippen LogP) is 2.53. The Morgan fingerprint density at radius 1 is 1.60 bits per heavy atom. The van der Waals surface area contributed by atoms with Crippen molar-refractivity contribution in [3.8, 4) is 0 Å². The van der Waals surface area contributed by atoms with Crippen molar-refractivity contribution >= 4 is 22.4 Å². The minimum absolute atomic E-state index is 0.367. The average molecular weight is 228 g/mol. The van der Waals surface area contributed by atoms with E-state index in [0.29, 0.717) is 5.69 Å². The van der Waals surface area contributed by atoms with Crippen molar-refractivity contribution in [3.05, 3.63) is 11.1 Å². The molecule has 0 unspecified atom stereocenters. The monoisotopic (exact) mass is 228 g/mol. The highest BCUT2D eigenvalue weighted by atomic mass is 32.1. The maximum atomic E-state index is 11.6. The average Bonchev–Trinajstić information content (AvgIpc) is 2.50. The van der Waals surface area contributed by atoms with Crippen LogP contribution in [0.4, 0.5) is 5.13 Å². The second-order valence-electron chi connectivity index (χ2n) is 4.07. The summed E-state index contributed by atoms with van der Waals surface area (Å²) in [5, 5.41) is 5.49. The second kappa shape index (κ2) is 4.61. The molecule has 0 aliphatic carbocycles. The molecule has 0 saturated carbocycles. The van der Waals surface area contributed by atoms with Gasteiger partial charge in [-0.1, -0.05) is 0 Å². The number of esters is 1. The van der Waals surface area contributed by atoms with E-state index < -0.39 is 5.60 Å². The van der Waals surface area contributed by atoms with Gasteiger partial charge in [-0.2, -0.15) is 0 Å². The van der Waals surface area contributed by atoms with Crippen molar-refractivity contribution in [2.75, 3.05) is 11.9 Å². The third-order valence-electron chi connectivity index (χ3n) is 1.44. The summed E-state index contributed by atoms with van der Waals surface area (Å²) in [4.78, 5) is 15.7. The van der Waals surface area contributed by atoms with Gasteiger partial charge in [0.2, 0.25) is 0 Å². The number of ether oxygens (including phenoxy) is 1. The SMILES string of the molecule is CCNc1nc(C(=O)OC(C)(C)C)cs1. The molecule has 0 aliphatic heterocycles. The topological polar surface area (TPSA) is 51.2 Å². The minimum Gasteiger partial charge on any atom is -0.455 e. The van der Waals surface area contributed by atoms with E-state index in [9.17, 15) is 4.79 Å². The molecule has 0 amide bonds. The number of aromatic nitrogens is 1. The van der Waals surface area contributed by atoms with Crippen molar-refractivity contribution in [2.45, 2.75) is 33.3 Å². The van der Waals surface area contributed by atoms with E-state index in [-0.39, 0.29) is 5.97 Å². The number of hydrogen-bond donors (Lipinski definition) is 1. The fraction of sp³-hybridized carbons (Fsp3) is 0.600. The van der Waals surface area contributed by atoms with Crippen LogP contribution in [-0.4, -0.2) is 23.1 Å². The standard InChI is InChI=1S/C10H16N2O2S/c1-5-11-9-12-7(6-15-9)8(13)14-10(2,3)4/h6H,5H2,1-4H3,(H,11,12). The van der Waals surface area contributed by atoms with Crippen LogP contribution in [0, 0.1) is 0 Å². The molecule has 0 atom stereocenters. The Bertz CT molecular complexity index is 341. The van der Waals surface area contributed by atoms with Crippen LogP contribution in [0.5, 0.6) is 0 Å². The van der Waals surface area contributed by atoms with Crippen LogP contribution in [0.25, 0.3) is 0 Å². The molecule has 0 spiro atoms. The highest BCUT2D eigenvalue weighted by Gasteiger charge is 2.19. The van der Waals surface area contributed by atoms with Crippen LogP contribution in [-0.2, 0) is 4.74 Å². The summed E-state index contributed by atoms with van der Waals surface area (Å²) >= 11 is 1.41. The normalized spacial score (nSPS) is 11.2.